The van der Waals surface area contributed by atoms with Gasteiger partial charge in [-0.2, -0.15) is 5.10 Å². The first-order valence-electron chi connectivity index (χ1n) is 6.20. The third kappa shape index (κ3) is 2.88. The number of hydrogen-bond acceptors (Lipinski definition) is 5. The largest absolute Gasteiger partial charge is 0.461 e. The molecule has 1 aromatic rings. The fourth-order valence-corrected chi connectivity index (χ4v) is 2.06. The molecule has 0 atom stereocenters. The van der Waals surface area contributed by atoms with Crippen LogP contribution in [0.3, 0.4) is 0 Å². The maximum Gasteiger partial charge on any atom is 0.356 e. The highest BCUT2D eigenvalue weighted by Crippen LogP contribution is 2.13. The predicted octanol–water partition coefficient (Wildman–Crippen LogP) is 0.429. The van der Waals surface area contributed by atoms with Gasteiger partial charge in [-0.05, 0) is 6.92 Å². The summed E-state index contributed by atoms with van der Waals surface area (Å²) in [7, 11) is 1.76. The minimum atomic E-state index is -0.305. The third-order valence-electron chi connectivity index (χ3n) is 2.98. The van der Waals surface area contributed by atoms with Gasteiger partial charge in [0.05, 0.1) is 26.0 Å². The van der Waals surface area contributed by atoms with Gasteiger partial charge in [0.1, 0.15) is 0 Å². The first-order chi connectivity index (χ1) is 8.72. The van der Waals surface area contributed by atoms with E-state index in [9.17, 15) is 4.79 Å². The molecular formula is C12H19N3O3. The van der Waals surface area contributed by atoms with Gasteiger partial charge in [0.2, 0.25) is 0 Å². The van der Waals surface area contributed by atoms with Crippen LogP contribution in [-0.4, -0.2) is 53.6 Å². The first kappa shape index (κ1) is 13.0. The van der Waals surface area contributed by atoms with Crippen LogP contribution >= 0.6 is 0 Å². The zero-order chi connectivity index (χ0) is 13.0. The van der Waals surface area contributed by atoms with E-state index in [2.05, 4.69) is 10.00 Å². The Kier molecular flexibility index (Phi) is 4.33. The molecule has 0 radical (unpaired) electrons. The number of nitrogens with zero attached hydrogens (tertiary/aromatic N) is 3. The van der Waals surface area contributed by atoms with Crippen molar-refractivity contribution in [1.29, 1.82) is 0 Å². The summed E-state index contributed by atoms with van der Waals surface area (Å²) in [5, 5.41) is 4.14. The molecule has 18 heavy (non-hydrogen) atoms. The Morgan fingerprint density at radius 2 is 2.22 bits per heavy atom. The summed E-state index contributed by atoms with van der Waals surface area (Å²) in [6.07, 6.45) is 1.74. The second-order valence-electron chi connectivity index (χ2n) is 4.25. The molecule has 0 N–H and O–H groups in total. The summed E-state index contributed by atoms with van der Waals surface area (Å²) >= 11 is 0. The van der Waals surface area contributed by atoms with E-state index in [4.69, 9.17) is 9.47 Å². The zero-order valence-corrected chi connectivity index (χ0v) is 10.9. The third-order valence-corrected chi connectivity index (χ3v) is 2.98. The van der Waals surface area contributed by atoms with Crippen LogP contribution in [-0.2, 0) is 23.1 Å². The van der Waals surface area contributed by atoms with Crippen molar-refractivity contribution in [3.8, 4) is 0 Å². The van der Waals surface area contributed by atoms with Crippen LogP contribution in [0.1, 0.15) is 23.0 Å². The summed E-state index contributed by atoms with van der Waals surface area (Å²) in [5.74, 6) is -0.305. The van der Waals surface area contributed by atoms with Gasteiger partial charge in [-0.25, -0.2) is 4.79 Å². The van der Waals surface area contributed by atoms with Crippen LogP contribution in [0, 0.1) is 0 Å². The molecule has 6 heteroatoms. The summed E-state index contributed by atoms with van der Waals surface area (Å²) in [4.78, 5) is 14.1. The van der Waals surface area contributed by atoms with Crippen molar-refractivity contribution < 1.29 is 14.3 Å². The Bertz CT molecular complexity index is 411. The van der Waals surface area contributed by atoms with E-state index >= 15 is 0 Å². The highest BCUT2D eigenvalue weighted by Gasteiger charge is 2.20. The predicted molar refractivity (Wildman–Crippen MR) is 65.3 cm³/mol. The molecule has 0 amide bonds. The summed E-state index contributed by atoms with van der Waals surface area (Å²) in [6, 6.07) is 0. The summed E-state index contributed by atoms with van der Waals surface area (Å²) in [6.45, 7) is 6.15. The van der Waals surface area contributed by atoms with Crippen LogP contribution in [0.5, 0.6) is 0 Å². The van der Waals surface area contributed by atoms with E-state index in [0.29, 0.717) is 18.8 Å². The second-order valence-corrected chi connectivity index (χ2v) is 4.25. The number of carbonyl (C=O) groups is 1. The number of morpholine rings is 1. The number of carbonyl (C=O) groups excluding carboxylic acids is 1. The number of aryl methyl sites for hydroxylation is 1. The van der Waals surface area contributed by atoms with Crippen molar-refractivity contribution in [3.05, 3.63) is 17.5 Å². The van der Waals surface area contributed by atoms with Gasteiger partial charge in [-0.1, -0.05) is 0 Å². The normalized spacial score (nSPS) is 16.8. The molecule has 6 nitrogen and oxygen atoms in total. The molecule has 0 aliphatic carbocycles. The lowest BCUT2D eigenvalue weighted by Crippen LogP contribution is -2.36. The highest BCUT2D eigenvalue weighted by molar-refractivity contribution is 5.89. The Balaban J connectivity index is 2.09. The van der Waals surface area contributed by atoms with Gasteiger partial charge in [0.15, 0.2) is 5.69 Å². The molecule has 1 aliphatic rings. The lowest BCUT2D eigenvalue weighted by Gasteiger charge is -2.26. The molecule has 0 unspecified atom stereocenters. The lowest BCUT2D eigenvalue weighted by atomic mass is 10.2. The molecule has 1 aromatic heterocycles. The maximum absolute atomic E-state index is 11.9. The molecule has 0 aromatic carbocycles. The first-order valence-corrected chi connectivity index (χ1v) is 6.20. The van der Waals surface area contributed by atoms with E-state index < -0.39 is 0 Å². The molecule has 2 heterocycles. The zero-order valence-electron chi connectivity index (χ0n) is 10.9. The van der Waals surface area contributed by atoms with Crippen molar-refractivity contribution in [1.82, 2.24) is 14.7 Å². The molecular weight excluding hydrogens is 234 g/mol. The van der Waals surface area contributed by atoms with E-state index in [-0.39, 0.29) is 5.97 Å². The van der Waals surface area contributed by atoms with Gasteiger partial charge in [0, 0.05) is 32.2 Å². The number of hydrogen-bond donors (Lipinski definition) is 0. The molecule has 0 bridgehead atoms. The van der Waals surface area contributed by atoms with Crippen LogP contribution in [0.25, 0.3) is 0 Å². The Labute approximate surface area is 106 Å². The quantitative estimate of drug-likeness (QED) is 0.728. The molecule has 1 saturated heterocycles. The Hall–Kier alpha value is -1.40. The standard InChI is InChI=1S/C12H19N3O3/c1-3-18-12(16)11-10(8-13-14(11)2)9-15-4-6-17-7-5-15/h8H,3-7,9H2,1-2H3. The molecule has 100 valence electrons. The maximum atomic E-state index is 11.9. The van der Waals surface area contributed by atoms with Gasteiger partial charge in [0.25, 0.3) is 0 Å². The van der Waals surface area contributed by atoms with E-state index in [1.807, 2.05) is 0 Å². The average Bonchev–Trinajstić information content (AvgIpc) is 2.72. The molecule has 2 rings (SSSR count). The van der Waals surface area contributed by atoms with Crippen molar-refractivity contribution in [2.45, 2.75) is 13.5 Å². The van der Waals surface area contributed by atoms with Gasteiger partial charge < -0.3 is 9.47 Å². The van der Waals surface area contributed by atoms with Gasteiger partial charge in [-0.15, -0.1) is 0 Å². The number of ether oxygens (including phenoxy) is 2. The summed E-state index contributed by atoms with van der Waals surface area (Å²) < 4.78 is 11.9. The van der Waals surface area contributed by atoms with Crippen molar-refractivity contribution >= 4 is 5.97 Å². The number of aromatic nitrogens is 2. The SMILES string of the molecule is CCOC(=O)c1c(CN2CCOCC2)cnn1C. The number of rotatable bonds is 4. The van der Waals surface area contributed by atoms with E-state index in [0.717, 1.165) is 31.9 Å². The van der Waals surface area contributed by atoms with Crippen LogP contribution in [0.15, 0.2) is 6.20 Å². The highest BCUT2D eigenvalue weighted by atomic mass is 16.5. The minimum absolute atomic E-state index is 0.305. The Morgan fingerprint density at radius 1 is 1.50 bits per heavy atom. The second kappa shape index (κ2) is 5.97. The Morgan fingerprint density at radius 3 is 2.89 bits per heavy atom. The molecule has 1 aliphatic heterocycles. The topological polar surface area (TPSA) is 56.6 Å². The minimum Gasteiger partial charge on any atom is -0.461 e. The van der Waals surface area contributed by atoms with E-state index in [1.54, 1.807) is 24.9 Å². The fourth-order valence-electron chi connectivity index (χ4n) is 2.06. The van der Waals surface area contributed by atoms with Crippen LogP contribution in [0.2, 0.25) is 0 Å². The van der Waals surface area contributed by atoms with Crippen molar-refractivity contribution in [3.63, 3.8) is 0 Å². The molecule has 0 saturated carbocycles. The van der Waals surface area contributed by atoms with Gasteiger partial charge >= 0.3 is 5.97 Å². The summed E-state index contributed by atoms with van der Waals surface area (Å²) in [5.41, 5.74) is 1.46. The van der Waals surface area contributed by atoms with Crippen molar-refractivity contribution in [2.24, 2.45) is 7.05 Å². The average molecular weight is 253 g/mol. The monoisotopic (exact) mass is 253 g/mol. The van der Waals surface area contributed by atoms with Crippen LogP contribution < -0.4 is 0 Å². The van der Waals surface area contributed by atoms with Crippen LogP contribution in [0.4, 0.5) is 0 Å². The molecule has 0 spiro atoms. The number of esters is 1. The lowest BCUT2D eigenvalue weighted by molar-refractivity contribution is 0.0336. The van der Waals surface area contributed by atoms with Gasteiger partial charge in [-0.3, -0.25) is 9.58 Å². The molecule has 1 fully saturated rings. The smallest absolute Gasteiger partial charge is 0.356 e. The van der Waals surface area contributed by atoms with E-state index in [1.165, 1.54) is 0 Å². The fraction of sp³-hybridized carbons (Fsp3) is 0.667. The van der Waals surface area contributed by atoms with Crippen molar-refractivity contribution in [2.75, 3.05) is 32.9 Å².